The van der Waals surface area contributed by atoms with E-state index in [-0.39, 0.29) is 24.5 Å². The third-order valence-electron chi connectivity index (χ3n) is 7.95. The van der Waals surface area contributed by atoms with Crippen molar-refractivity contribution >= 4 is 41.3 Å². The summed E-state index contributed by atoms with van der Waals surface area (Å²) < 4.78 is 0. The number of hydrogen-bond acceptors (Lipinski definition) is 10. The Morgan fingerprint density at radius 2 is 1.39 bits per heavy atom. The van der Waals surface area contributed by atoms with E-state index in [0.717, 1.165) is 0 Å². The maximum absolute atomic E-state index is 13.3. The Balaban J connectivity index is 3.08. The van der Waals surface area contributed by atoms with Crippen molar-refractivity contribution in [3.05, 3.63) is 29.8 Å². The van der Waals surface area contributed by atoms with Crippen LogP contribution in [0.15, 0.2) is 24.3 Å². The minimum absolute atomic E-state index is 0.0187. The summed E-state index contributed by atoms with van der Waals surface area (Å²) in [6, 6.07) is 0.00904. The van der Waals surface area contributed by atoms with E-state index in [0.29, 0.717) is 31.4 Å². The van der Waals surface area contributed by atoms with Crippen LogP contribution in [0, 0.1) is 11.8 Å². The summed E-state index contributed by atoms with van der Waals surface area (Å²) in [6.45, 7) is 7.86. The molecule has 0 spiro atoms. The number of carbonyl (C=O) groups excluding carboxylic acids is 6. The largest absolute Gasteiger partial charge is 0.508 e. The zero-order valence-corrected chi connectivity index (χ0v) is 28.9. The summed E-state index contributed by atoms with van der Waals surface area (Å²) in [5.74, 6) is -6.07. The number of rotatable bonds is 22. The highest BCUT2D eigenvalue weighted by Gasteiger charge is 2.32. The Morgan fingerprint density at radius 1 is 0.796 bits per heavy atom. The smallest absolute Gasteiger partial charge is 0.326 e. The molecule has 49 heavy (non-hydrogen) atoms. The summed E-state index contributed by atoms with van der Waals surface area (Å²) >= 11 is 0. The van der Waals surface area contributed by atoms with Crippen LogP contribution in [0.3, 0.4) is 0 Å². The van der Waals surface area contributed by atoms with Crippen LogP contribution in [0.2, 0.25) is 0 Å². The van der Waals surface area contributed by atoms with Gasteiger partial charge in [-0.05, 0) is 62.3 Å². The van der Waals surface area contributed by atoms with E-state index in [1.54, 1.807) is 27.7 Å². The van der Waals surface area contributed by atoms with Crippen molar-refractivity contribution in [2.45, 2.75) is 103 Å². The number of hydrogen-bond donors (Lipinski definition) is 9. The maximum atomic E-state index is 13.3. The van der Waals surface area contributed by atoms with Crippen LogP contribution in [0.25, 0.3) is 0 Å². The number of aliphatic carboxylic acids is 1. The Hall–Kier alpha value is -4.57. The molecule has 0 saturated heterocycles. The zero-order valence-electron chi connectivity index (χ0n) is 28.9. The van der Waals surface area contributed by atoms with E-state index in [4.69, 9.17) is 11.5 Å². The molecule has 0 aliphatic carbocycles. The Morgan fingerprint density at radius 3 is 1.92 bits per heavy atom. The topological polar surface area (TPSA) is 272 Å². The number of nitrogens with one attached hydrogen (secondary N) is 5. The molecule has 5 amide bonds. The number of phenolic OH excluding ortho intramolecular Hbond substituents is 1. The van der Waals surface area contributed by atoms with Gasteiger partial charge in [-0.1, -0.05) is 46.2 Å². The number of aromatic hydroxyl groups is 1. The second-order valence-corrected chi connectivity index (χ2v) is 12.5. The van der Waals surface area contributed by atoms with Crippen molar-refractivity contribution in [3.63, 3.8) is 0 Å². The third-order valence-corrected chi connectivity index (χ3v) is 7.95. The van der Waals surface area contributed by atoms with Crippen molar-refractivity contribution < 1.29 is 43.8 Å². The van der Waals surface area contributed by atoms with E-state index >= 15 is 0 Å². The molecule has 274 valence electrons. The molecule has 0 unspecified atom stereocenters. The lowest BCUT2D eigenvalue weighted by Crippen LogP contribution is -2.57. The van der Waals surface area contributed by atoms with E-state index in [9.17, 15) is 43.8 Å². The third kappa shape index (κ3) is 15.5. The second kappa shape index (κ2) is 21.4. The van der Waals surface area contributed by atoms with Gasteiger partial charge in [-0.15, -0.1) is 0 Å². The number of Topliss-reactive ketones (excluding diaryl/α,β-unsaturated/α-hetero) is 1. The molecule has 0 saturated carbocycles. The molecule has 1 aromatic carbocycles. The van der Waals surface area contributed by atoms with Gasteiger partial charge in [0.25, 0.3) is 0 Å². The molecule has 1 rings (SSSR count). The lowest BCUT2D eigenvalue weighted by molar-refractivity contribution is -0.143. The highest BCUT2D eigenvalue weighted by atomic mass is 16.4. The Labute approximate surface area is 286 Å². The van der Waals surface area contributed by atoms with Crippen molar-refractivity contribution in [2.75, 3.05) is 13.1 Å². The van der Waals surface area contributed by atoms with E-state index in [1.165, 1.54) is 31.2 Å². The predicted octanol–water partition coefficient (Wildman–Crippen LogP) is -0.788. The average molecular weight is 692 g/mol. The first-order valence-corrected chi connectivity index (χ1v) is 16.4. The first-order chi connectivity index (χ1) is 23.0. The zero-order chi connectivity index (χ0) is 37.3. The number of nitrogens with two attached hydrogens (primary N) is 2. The van der Waals surface area contributed by atoms with Crippen LogP contribution in [0.1, 0.15) is 72.3 Å². The van der Waals surface area contributed by atoms with Gasteiger partial charge in [0.15, 0.2) is 0 Å². The summed E-state index contributed by atoms with van der Waals surface area (Å²) in [6.07, 6.45) is 1.23. The molecule has 0 aliphatic heterocycles. The molecular formula is C33H53N7O9. The number of amides is 5. The number of carboxylic acids is 1. The van der Waals surface area contributed by atoms with Crippen LogP contribution in [0.5, 0.6) is 5.75 Å². The fourth-order valence-corrected chi connectivity index (χ4v) is 4.65. The minimum Gasteiger partial charge on any atom is -0.508 e. The summed E-state index contributed by atoms with van der Waals surface area (Å²) in [4.78, 5) is 89.1. The number of carbonyl (C=O) groups is 7. The molecule has 0 radical (unpaired) electrons. The van der Waals surface area contributed by atoms with Crippen LogP contribution >= 0.6 is 0 Å². The van der Waals surface area contributed by atoms with Gasteiger partial charge in [-0.25, -0.2) is 4.79 Å². The Kier molecular flexibility index (Phi) is 18.5. The van der Waals surface area contributed by atoms with Crippen molar-refractivity contribution in [1.29, 1.82) is 0 Å². The van der Waals surface area contributed by atoms with Gasteiger partial charge in [0.1, 0.15) is 35.7 Å². The van der Waals surface area contributed by atoms with Gasteiger partial charge < -0.3 is 48.3 Å². The molecule has 16 heteroatoms. The van der Waals surface area contributed by atoms with Crippen LogP contribution in [0.4, 0.5) is 0 Å². The van der Waals surface area contributed by atoms with Crippen molar-refractivity contribution in [1.82, 2.24) is 26.6 Å². The standard InChI is InChI=1S/C33H53N7O9/c1-6-19(4)28(33(48)49)40-31(46)25(16-21-10-12-22(42)13-11-21)37-26(43)17-36-29(44)24(15-20(5)41)39-30(45)23(9-7-8-14-34)38-32(47)27(35)18(2)3/h10-13,18-19,23-25,27-28,42H,6-9,14-17,34-35H2,1-5H3,(H,36,44)(H,37,43)(H,38,47)(H,39,45)(H,40,46)(H,48,49)/t19-,23-,24-,25-,27-,28-/m0/s1. The van der Waals surface area contributed by atoms with E-state index in [2.05, 4.69) is 26.6 Å². The van der Waals surface area contributed by atoms with E-state index < -0.39 is 90.4 Å². The first-order valence-electron chi connectivity index (χ1n) is 16.4. The molecule has 11 N–H and O–H groups in total. The lowest BCUT2D eigenvalue weighted by Gasteiger charge is -2.25. The fourth-order valence-electron chi connectivity index (χ4n) is 4.65. The van der Waals surface area contributed by atoms with Crippen LogP contribution in [-0.2, 0) is 40.0 Å². The molecule has 0 aliphatic rings. The molecule has 6 atom stereocenters. The molecule has 1 aromatic rings. The highest BCUT2D eigenvalue weighted by Crippen LogP contribution is 2.13. The van der Waals surface area contributed by atoms with Gasteiger partial charge >= 0.3 is 5.97 Å². The average Bonchev–Trinajstić information content (AvgIpc) is 3.04. The van der Waals surface area contributed by atoms with Gasteiger partial charge in [-0.2, -0.15) is 0 Å². The van der Waals surface area contributed by atoms with Crippen LogP contribution in [-0.4, -0.2) is 94.8 Å². The van der Waals surface area contributed by atoms with Gasteiger partial charge in [-0.3, -0.25) is 28.8 Å². The fraction of sp³-hybridized carbons (Fsp3) is 0.606. The molecule has 0 aromatic heterocycles. The first kappa shape index (κ1) is 42.5. The monoisotopic (exact) mass is 691 g/mol. The van der Waals surface area contributed by atoms with Gasteiger partial charge in [0, 0.05) is 12.8 Å². The summed E-state index contributed by atoms with van der Waals surface area (Å²) in [7, 11) is 0. The predicted molar refractivity (Wildman–Crippen MR) is 181 cm³/mol. The van der Waals surface area contributed by atoms with E-state index in [1.807, 2.05) is 0 Å². The Bertz CT molecular complexity index is 1290. The number of carboxylic acid groups (broad SMARTS) is 1. The maximum Gasteiger partial charge on any atom is 0.326 e. The number of unbranched alkanes of at least 4 members (excludes halogenated alkanes) is 1. The minimum atomic E-state index is -1.39. The molecule has 0 fully saturated rings. The highest BCUT2D eigenvalue weighted by molar-refractivity contribution is 5.97. The number of benzene rings is 1. The molecule has 16 nitrogen and oxygen atoms in total. The SMILES string of the molecule is CC[C@H](C)[C@H](NC(=O)[C@H](Cc1ccc(O)cc1)NC(=O)CNC(=O)[C@H](CC(C)=O)NC(=O)[C@H](CCCCN)NC(=O)[C@@H](N)C(C)C)C(=O)O. The van der Waals surface area contributed by atoms with Gasteiger partial charge in [0.2, 0.25) is 29.5 Å². The molecule has 0 bridgehead atoms. The van der Waals surface area contributed by atoms with Crippen molar-refractivity contribution in [2.24, 2.45) is 23.3 Å². The summed E-state index contributed by atoms with van der Waals surface area (Å²) in [5, 5.41) is 31.7. The van der Waals surface area contributed by atoms with Gasteiger partial charge in [0.05, 0.1) is 12.6 Å². The molecule has 0 heterocycles. The molecular weight excluding hydrogens is 638 g/mol. The number of ketones is 1. The lowest BCUT2D eigenvalue weighted by atomic mass is 9.98. The summed E-state index contributed by atoms with van der Waals surface area (Å²) in [5.41, 5.74) is 12.0. The quantitative estimate of drug-likeness (QED) is 0.0680. The van der Waals surface area contributed by atoms with Crippen LogP contribution < -0.4 is 38.1 Å². The van der Waals surface area contributed by atoms with Crippen molar-refractivity contribution in [3.8, 4) is 5.75 Å². The second-order valence-electron chi connectivity index (χ2n) is 12.5. The number of phenols is 1. The normalized spacial score (nSPS) is 14.7.